The Balaban J connectivity index is 1.53. The van der Waals surface area contributed by atoms with Crippen molar-refractivity contribution in [2.45, 2.75) is 37.4 Å². The van der Waals surface area contributed by atoms with Crippen LogP contribution < -0.4 is 10.6 Å². The van der Waals surface area contributed by atoms with E-state index in [0.29, 0.717) is 17.7 Å². The summed E-state index contributed by atoms with van der Waals surface area (Å²) in [5.74, 6) is -0.591. The van der Waals surface area contributed by atoms with Gasteiger partial charge in [0.25, 0.3) is 5.91 Å². The van der Waals surface area contributed by atoms with Crippen LogP contribution in [0.25, 0.3) is 10.9 Å². The minimum absolute atomic E-state index is 0.0777. The van der Waals surface area contributed by atoms with Crippen LogP contribution in [0, 0.1) is 5.82 Å². The number of nitrogens with one attached hydrogen (secondary N) is 3. The van der Waals surface area contributed by atoms with Crippen LogP contribution in [0.15, 0.2) is 42.5 Å². The molecule has 2 heterocycles. The summed E-state index contributed by atoms with van der Waals surface area (Å²) in [6, 6.07) is 12.9. The Bertz CT molecular complexity index is 1070. The molecule has 1 aromatic heterocycles. The third-order valence-corrected chi connectivity index (χ3v) is 5.84. The minimum Gasteiger partial charge on any atom is -0.383 e. The predicted molar refractivity (Wildman–Crippen MR) is 110 cm³/mol. The molecule has 29 heavy (non-hydrogen) atoms. The molecule has 1 fully saturated rings. The molecular formula is C23H24FN3O2. The van der Waals surface area contributed by atoms with Gasteiger partial charge in [0.1, 0.15) is 5.82 Å². The largest absolute Gasteiger partial charge is 0.383 e. The zero-order chi connectivity index (χ0) is 20.0. The van der Waals surface area contributed by atoms with Crippen LogP contribution in [-0.4, -0.2) is 36.7 Å². The lowest BCUT2D eigenvalue weighted by molar-refractivity contribution is 0.0950. The molecule has 1 saturated carbocycles. The van der Waals surface area contributed by atoms with Gasteiger partial charge < -0.3 is 15.0 Å². The van der Waals surface area contributed by atoms with Crippen molar-refractivity contribution in [2.75, 3.05) is 13.7 Å². The van der Waals surface area contributed by atoms with Crippen LogP contribution in [-0.2, 0) is 11.2 Å². The fourth-order valence-corrected chi connectivity index (χ4v) is 4.26. The van der Waals surface area contributed by atoms with E-state index in [1.807, 2.05) is 18.2 Å². The van der Waals surface area contributed by atoms with Gasteiger partial charge in [0, 0.05) is 46.9 Å². The number of methoxy groups -OCH3 is 1. The Labute approximate surface area is 168 Å². The fraction of sp³-hybridized carbons (Fsp3) is 0.348. The molecule has 0 radical (unpaired) electrons. The molecule has 0 unspecified atom stereocenters. The van der Waals surface area contributed by atoms with E-state index in [0.717, 1.165) is 35.9 Å². The summed E-state index contributed by atoms with van der Waals surface area (Å²) in [5, 5.41) is 7.60. The molecule has 5 rings (SSSR count). The van der Waals surface area contributed by atoms with E-state index in [2.05, 4.69) is 21.7 Å². The lowest BCUT2D eigenvalue weighted by Gasteiger charge is -2.31. The standard InChI is InChI=1S/C23H24FN3O2/c1-29-12-15-11-18-16-4-2-3-5-20(16)27-22(18)21(25-15)17-9-6-13(10-19(17)24)23(28)26-14-7-8-14/h2-6,9-10,14-15,21,25,27H,7-8,11-12H2,1H3,(H,26,28)/t15-,21+/m1/s1. The molecule has 1 aliphatic carbocycles. The maximum atomic E-state index is 15.1. The smallest absolute Gasteiger partial charge is 0.251 e. The molecule has 0 bridgehead atoms. The van der Waals surface area contributed by atoms with Crippen molar-refractivity contribution < 1.29 is 13.9 Å². The summed E-state index contributed by atoms with van der Waals surface area (Å²) in [7, 11) is 1.68. The topological polar surface area (TPSA) is 66.2 Å². The number of carbonyl (C=O) groups is 1. The Morgan fingerprint density at radius 1 is 1.24 bits per heavy atom. The normalized spacial score (nSPS) is 21.2. The van der Waals surface area contributed by atoms with E-state index in [1.54, 1.807) is 19.2 Å². The van der Waals surface area contributed by atoms with Crippen LogP contribution in [0.1, 0.15) is 46.1 Å². The molecule has 2 atom stereocenters. The average Bonchev–Trinajstić information content (AvgIpc) is 3.46. The Kier molecular flexibility index (Phi) is 4.60. The van der Waals surface area contributed by atoms with Gasteiger partial charge >= 0.3 is 0 Å². The predicted octanol–water partition coefficient (Wildman–Crippen LogP) is 3.45. The molecule has 3 aromatic rings. The molecule has 0 saturated heterocycles. The molecule has 3 N–H and O–H groups in total. The van der Waals surface area contributed by atoms with Crippen molar-refractivity contribution in [1.29, 1.82) is 0 Å². The first-order valence-corrected chi connectivity index (χ1v) is 10.1. The number of halogens is 1. The van der Waals surface area contributed by atoms with Crippen LogP contribution in [0.4, 0.5) is 4.39 Å². The molecule has 2 aliphatic rings. The summed E-state index contributed by atoms with van der Waals surface area (Å²) in [6.07, 6.45) is 2.82. The second kappa shape index (κ2) is 7.28. The first-order chi connectivity index (χ1) is 14.1. The highest BCUT2D eigenvalue weighted by molar-refractivity contribution is 5.94. The highest BCUT2D eigenvalue weighted by Gasteiger charge is 2.32. The van der Waals surface area contributed by atoms with E-state index in [4.69, 9.17) is 4.74 Å². The van der Waals surface area contributed by atoms with Crippen LogP contribution >= 0.6 is 0 Å². The quantitative estimate of drug-likeness (QED) is 0.622. The van der Waals surface area contributed by atoms with Gasteiger partial charge in [-0.1, -0.05) is 24.3 Å². The number of amides is 1. The fourth-order valence-electron chi connectivity index (χ4n) is 4.26. The number of hydrogen-bond acceptors (Lipinski definition) is 3. The van der Waals surface area contributed by atoms with Gasteiger partial charge in [-0.15, -0.1) is 0 Å². The lowest BCUT2D eigenvalue weighted by Crippen LogP contribution is -2.42. The number of hydrogen-bond donors (Lipinski definition) is 3. The number of rotatable bonds is 5. The number of para-hydroxylation sites is 1. The van der Waals surface area contributed by atoms with Crippen molar-refractivity contribution in [3.8, 4) is 0 Å². The van der Waals surface area contributed by atoms with Gasteiger partial charge in [0.2, 0.25) is 0 Å². The van der Waals surface area contributed by atoms with Crippen LogP contribution in [0.5, 0.6) is 0 Å². The average molecular weight is 393 g/mol. The highest BCUT2D eigenvalue weighted by atomic mass is 19.1. The van der Waals surface area contributed by atoms with Gasteiger partial charge in [-0.25, -0.2) is 4.39 Å². The Hall–Kier alpha value is -2.70. The second-order valence-corrected chi connectivity index (χ2v) is 8.00. The SMILES string of the molecule is COC[C@H]1Cc2c([nH]c3ccccc23)[C@H](c2ccc(C(=O)NC3CC3)cc2F)N1. The number of carbonyl (C=O) groups excluding carboxylic acids is 1. The number of aromatic nitrogens is 1. The molecule has 6 heteroatoms. The second-order valence-electron chi connectivity index (χ2n) is 8.00. The molecule has 1 aliphatic heterocycles. The zero-order valence-corrected chi connectivity index (χ0v) is 16.3. The first-order valence-electron chi connectivity index (χ1n) is 10.1. The summed E-state index contributed by atoms with van der Waals surface area (Å²) in [6.45, 7) is 0.541. The Morgan fingerprint density at radius 3 is 2.83 bits per heavy atom. The monoisotopic (exact) mass is 393 g/mol. The van der Waals surface area contributed by atoms with E-state index in [-0.39, 0.29) is 29.8 Å². The van der Waals surface area contributed by atoms with E-state index in [9.17, 15) is 4.79 Å². The number of benzene rings is 2. The van der Waals surface area contributed by atoms with Crippen molar-refractivity contribution in [3.05, 3.63) is 70.7 Å². The summed E-state index contributed by atoms with van der Waals surface area (Å²) in [5.41, 5.74) is 4.11. The Morgan fingerprint density at radius 2 is 2.07 bits per heavy atom. The lowest BCUT2D eigenvalue weighted by atomic mass is 9.90. The van der Waals surface area contributed by atoms with Gasteiger partial charge in [-0.05, 0) is 43.0 Å². The number of aromatic amines is 1. The van der Waals surface area contributed by atoms with Crippen LogP contribution in [0.2, 0.25) is 0 Å². The molecular weight excluding hydrogens is 369 g/mol. The van der Waals surface area contributed by atoms with Gasteiger partial charge in [0.15, 0.2) is 0 Å². The van der Waals surface area contributed by atoms with Crippen molar-refractivity contribution in [3.63, 3.8) is 0 Å². The number of fused-ring (bicyclic) bond motifs is 3. The highest BCUT2D eigenvalue weighted by Crippen LogP contribution is 2.36. The van der Waals surface area contributed by atoms with E-state index >= 15 is 4.39 Å². The molecule has 0 spiro atoms. The number of H-pyrrole nitrogens is 1. The van der Waals surface area contributed by atoms with E-state index < -0.39 is 0 Å². The maximum Gasteiger partial charge on any atom is 0.251 e. The zero-order valence-electron chi connectivity index (χ0n) is 16.3. The summed E-state index contributed by atoms with van der Waals surface area (Å²) < 4.78 is 20.5. The first kappa shape index (κ1) is 18.3. The van der Waals surface area contributed by atoms with Crippen LogP contribution in [0.3, 0.4) is 0 Å². The molecule has 5 nitrogen and oxygen atoms in total. The van der Waals surface area contributed by atoms with Gasteiger partial charge in [-0.3, -0.25) is 10.1 Å². The summed E-state index contributed by atoms with van der Waals surface area (Å²) >= 11 is 0. The molecule has 2 aromatic carbocycles. The van der Waals surface area contributed by atoms with Crippen molar-refractivity contribution in [1.82, 2.24) is 15.6 Å². The summed E-state index contributed by atoms with van der Waals surface area (Å²) in [4.78, 5) is 15.7. The minimum atomic E-state index is -0.381. The maximum absolute atomic E-state index is 15.1. The van der Waals surface area contributed by atoms with Gasteiger partial charge in [0.05, 0.1) is 12.6 Å². The third kappa shape index (κ3) is 3.43. The third-order valence-electron chi connectivity index (χ3n) is 5.84. The van der Waals surface area contributed by atoms with Crippen molar-refractivity contribution in [2.24, 2.45) is 0 Å². The van der Waals surface area contributed by atoms with Gasteiger partial charge in [-0.2, -0.15) is 0 Å². The molecule has 1 amide bonds. The molecule has 150 valence electrons. The van der Waals surface area contributed by atoms with Crippen molar-refractivity contribution >= 4 is 16.8 Å². The number of ether oxygens (including phenoxy) is 1. The van der Waals surface area contributed by atoms with E-state index in [1.165, 1.54) is 11.6 Å².